The molecule has 0 bridgehead atoms. The number of aromatic nitrogens is 1. The fourth-order valence-corrected chi connectivity index (χ4v) is 5.19. The monoisotopic (exact) mass is 496 g/mol. The number of rotatable bonds is 3. The average molecular weight is 498 g/mol. The summed E-state index contributed by atoms with van der Waals surface area (Å²) in [6.45, 7) is 0.604. The van der Waals surface area contributed by atoms with Gasteiger partial charge in [0.25, 0.3) is 11.8 Å². The number of benzene rings is 2. The predicted octanol–water partition coefficient (Wildman–Crippen LogP) is 5.31. The van der Waals surface area contributed by atoms with Gasteiger partial charge in [-0.25, -0.2) is 4.98 Å². The van der Waals surface area contributed by atoms with Gasteiger partial charge in [-0.3, -0.25) is 14.5 Å². The smallest absolute Gasteiger partial charge is 0.261 e. The Morgan fingerprint density at radius 2 is 1.61 bits per heavy atom. The Labute approximate surface area is 204 Å². The Balaban J connectivity index is 1.60. The molecule has 2 amide bonds. The lowest BCUT2D eigenvalue weighted by Gasteiger charge is -2.40. The van der Waals surface area contributed by atoms with E-state index < -0.39 is 6.04 Å². The van der Waals surface area contributed by atoms with Crippen molar-refractivity contribution < 1.29 is 9.59 Å². The first-order valence-corrected chi connectivity index (χ1v) is 11.3. The van der Waals surface area contributed by atoms with Crippen LogP contribution in [0.25, 0.3) is 0 Å². The second-order valence-corrected chi connectivity index (χ2v) is 8.88. The van der Waals surface area contributed by atoms with Gasteiger partial charge < -0.3 is 4.90 Å². The Kier molecular flexibility index (Phi) is 5.49. The molecule has 9 heteroatoms. The highest BCUT2D eigenvalue weighted by Gasteiger charge is 2.40. The molecule has 1 atom stereocenters. The molecule has 0 N–H and O–H groups in total. The zero-order valence-corrected chi connectivity index (χ0v) is 19.3. The first-order chi connectivity index (χ1) is 15.9. The Morgan fingerprint density at radius 3 is 2.27 bits per heavy atom. The van der Waals surface area contributed by atoms with E-state index in [-0.39, 0.29) is 39.1 Å². The number of pyridine rings is 1. The molecular weight excluding hydrogens is 483 g/mol. The van der Waals surface area contributed by atoms with Gasteiger partial charge in [0.05, 0.1) is 28.7 Å². The molecule has 0 fully saturated rings. The van der Waals surface area contributed by atoms with Crippen LogP contribution in [0.4, 0.5) is 5.82 Å². The predicted molar refractivity (Wildman–Crippen MR) is 126 cm³/mol. The standard InChI is InChI=1S/C24H15Cl3N4O2/c25-19-17(11-28)21(27)29-22(20(19)26)30-10-9-13-5-1-2-6-14(13)18(30)12-31-23(32)15-7-3-4-8-16(15)24(31)33/h1-8,18H,9-10,12H2. The van der Waals surface area contributed by atoms with Crippen molar-refractivity contribution in [2.75, 3.05) is 18.0 Å². The topological polar surface area (TPSA) is 77.3 Å². The summed E-state index contributed by atoms with van der Waals surface area (Å²) in [6, 6.07) is 16.1. The third kappa shape index (κ3) is 3.44. The molecule has 1 unspecified atom stereocenters. The Bertz CT molecular complexity index is 1330. The number of halogens is 3. The highest BCUT2D eigenvalue weighted by molar-refractivity contribution is 6.45. The first-order valence-electron chi connectivity index (χ1n) is 10.2. The number of imide groups is 1. The number of fused-ring (bicyclic) bond motifs is 2. The van der Waals surface area contributed by atoms with Gasteiger partial charge in [-0.2, -0.15) is 5.26 Å². The van der Waals surface area contributed by atoms with Crippen LogP contribution in [-0.2, 0) is 6.42 Å². The highest BCUT2D eigenvalue weighted by Crippen LogP contribution is 2.42. The molecule has 164 valence electrons. The number of nitriles is 1. The molecule has 0 radical (unpaired) electrons. The van der Waals surface area contributed by atoms with Crippen molar-refractivity contribution >= 4 is 52.4 Å². The second kappa shape index (κ2) is 8.35. The number of hydrogen-bond acceptors (Lipinski definition) is 5. The molecule has 3 heterocycles. The molecule has 0 saturated heterocycles. The molecule has 2 aromatic carbocycles. The number of anilines is 1. The third-order valence-electron chi connectivity index (χ3n) is 6.05. The van der Waals surface area contributed by atoms with Crippen molar-refractivity contribution in [1.82, 2.24) is 9.88 Å². The van der Waals surface area contributed by atoms with Gasteiger partial charge in [-0.15, -0.1) is 0 Å². The van der Waals surface area contributed by atoms with E-state index in [1.165, 1.54) is 4.90 Å². The van der Waals surface area contributed by atoms with Crippen LogP contribution in [0, 0.1) is 11.3 Å². The summed E-state index contributed by atoms with van der Waals surface area (Å²) in [5, 5.41) is 9.39. The lowest BCUT2D eigenvalue weighted by molar-refractivity contribution is 0.0642. The lowest BCUT2D eigenvalue weighted by atomic mass is 9.92. The van der Waals surface area contributed by atoms with E-state index >= 15 is 0 Å². The van der Waals surface area contributed by atoms with Crippen LogP contribution >= 0.6 is 34.8 Å². The van der Waals surface area contributed by atoms with Crippen molar-refractivity contribution in [3.8, 4) is 6.07 Å². The summed E-state index contributed by atoms with van der Waals surface area (Å²) in [4.78, 5) is 33.6. The second-order valence-electron chi connectivity index (χ2n) is 7.77. The number of carbonyl (C=O) groups is 2. The molecule has 5 rings (SSSR count). The summed E-state index contributed by atoms with van der Waals surface area (Å²) in [5.41, 5.74) is 2.84. The number of hydrogen-bond donors (Lipinski definition) is 0. The molecular formula is C24H15Cl3N4O2. The summed E-state index contributed by atoms with van der Waals surface area (Å²) in [5.74, 6) is -0.371. The Hall–Kier alpha value is -3.11. The minimum Gasteiger partial charge on any atom is -0.346 e. The van der Waals surface area contributed by atoms with E-state index in [4.69, 9.17) is 34.8 Å². The van der Waals surface area contributed by atoms with Crippen LogP contribution in [0.1, 0.15) is 43.4 Å². The lowest BCUT2D eigenvalue weighted by Crippen LogP contribution is -2.44. The molecule has 33 heavy (non-hydrogen) atoms. The SMILES string of the molecule is N#Cc1c(Cl)nc(N2CCc3ccccc3C2CN2C(=O)c3ccccc3C2=O)c(Cl)c1Cl. The summed E-state index contributed by atoms with van der Waals surface area (Å²) in [6.07, 6.45) is 0.696. The van der Waals surface area contributed by atoms with Gasteiger partial charge in [0.15, 0.2) is 11.0 Å². The normalized spacial score (nSPS) is 17.1. The quantitative estimate of drug-likeness (QED) is 0.362. The summed E-state index contributed by atoms with van der Waals surface area (Å²) in [7, 11) is 0. The van der Waals surface area contributed by atoms with E-state index in [2.05, 4.69) is 4.98 Å². The maximum Gasteiger partial charge on any atom is 0.261 e. The van der Waals surface area contributed by atoms with Crippen molar-refractivity contribution in [3.63, 3.8) is 0 Å². The van der Waals surface area contributed by atoms with Crippen LogP contribution in [-0.4, -0.2) is 34.8 Å². The van der Waals surface area contributed by atoms with Crippen LogP contribution in [0.3, 0.4) is 0 Å². The van der Waals surface area contributed by atoms with Crippen molar-refractivity contribution in [1.29, 1.82) is 5.26 Å². The average Bonchev–Trinajstić information content (AvgIpc) is 3.07. The summed E-state index contributed by atoms with van der Waals surface area (Å²) < 4.78 is 0. The molecule has 2 aliphatic rings. The van der Waals surface area contributed by atoms with Gasteiger partial charge in [-0.1, -0.05) is 71.2 Å². The van der Waals surface area contributed by atoms with Crippen LogP contribution in [0.5, 0.6) is 0 Å². The largest absolute Gasteiger partial charge is 0.346 e. The fourth-order valence-electron chi connectivity index (χ4n) is 4.46. The van der Waals surface area contributed by atoms with Crippen molar-refractivity contribution in [2.24, 2.45) is 0 Å². The zero-order chi connectivity index (χ0) is 23.3. The number of nitrogens with zero attached hydrogens (tertiary/aromatic N) is 4. The number of amides is 2. The van der Waals surface area contributed by atoms with E-state index in [0.717, 1.165) is 11.1 Å². The molecule has 0 spiro atoms. The molecule has 2 aliphatic heterocycles. The van der Waals surface area contributed by atoms with E-state index in [1.54, 1.807) is 24.3 Å². The third-order valence-corrected chi connectivity index (χ3v) is 7.15. The fraction of sp³-hybridized carbons (Fsp3) is 0.167. The van der Waals surface area contributed by atoms with Crippen LogP contribution in [0.2, 0.25) is 15.2 Å². The maximum absolute atomic E-state index is 13.1. The van der Waals surface area contributed by atoms with E-state index in [9.17, 15) is 14.9 Å². The minimum absolute atomic E-state index is 0.00129. The van der Waals surface area contributed by atoms with Crippen LogP contribution < -0.4 is 4.90 Å². The zero-order valence-electron chi connectivity index (χ0n) is 17.1. The highest BCUT2D eigenvalue weighted by atomic mass is 35.5. The molecule has 6 nitrogen and oxygen atoms in total. The first kappa shape index (κ1) is 21.7. The maximum atomic E-state index is 13.1. The van der Waals surface area contributed by atoms with Gasteiger partial charge >= 0.3 is 0 Å². The van der Waals surface area contributed by atoms with Gasteiger partial charge in [0, 0.05) is 6.54 Å². The van der Waals surface area contributed by atoms with Crippen molar-refractivity contribution in [3.05, 3.63) is 91.5 Å². The molecule has 0 aliphatic carbocycles. The number of carbonyl (C=O) groups excluding carboxylic acids is 2. The van der Waals surface area contributed by atoms with E-state index in [0.29, 0.717) is 29.9 Å². The minimum atomic E-state index is -0.428. The summed E-state index contributed by atoms with van der Waals surface area (Å²) >= 11 is 19.1. The van der Waals surface area contributed by atoms with Gasteiger partial charge in [-0.05, 0) is 29.7 Å². The van der Waals surface area contributed by atoms with Gasteiger partial charge in [0.1, 0.15) is 16.7 Å². The van der Waals surface area contributed by atoms with Gasteiger partial charge in [0.2, 0.25) is 0 Å². The molecule has 3 aromatic rings. The van der Waals surface area contributed by atoms with Crippen LogP contribution in [0.15, 0.2) is 48.5 Å². The van der Waals surface area contributed by atoms with E-state index in [1.807, 2.05) is 35.2 Å². The molecule has 0 saturated carbocycles. The Morgan fingerprint density at radius 1 is 0.970 bits per heavy atom. The van der Waals surface area contributed by atoms with Crippen molar-refractivity contribution in [2.45, 2.75) is 12.5 Å². The molecule has 1 aromatic heterocycles.